The first-order valence-electron chi connectivity index (χ1n) is 7.50. The van der Waals surface area contributed by atoms with Crippen LogP contribution in [0.1, 0.15) is 18.5 Å². The largest absolute Gasteiger partial charge is 0.394 e. The van der Waals surface area contributed by atoms with E-state index in [1.807, 2.05) is 0 Å². The van der Waals surface area contributed by atoms with Crippen molar-refractivity contribution >= 4 is 22.1 Å². The van der Waals surface area contributed by atoms with Gasteiger partial charge in [0.2, 0.25) is 0 Å². The molecule has 4 rings (SSSR count). The Bertz CT molecular complexity index is 622. The zero-order valence-electron chi connectivity index (χ0n) is 11.9. The highest BCUT2D eigenvalue weighted by Gasteiger charge is 2.27. The van der Waals surface area contributed by atoms with Gasteiger partial charge < -0.3 is 20.1 Å². The Morgan fingerprint density at radius 1 is 1.48 bits per heavy atom. The third kappa shape index (κ3) is 2.66. The van der Waals surface area contributed by atoms with Gasteiger partial charge in [-0.3, -0.25) is 4.40 Å². The fourth-order valence-electron chi connectivity index (χ4n) is 2.79. The van der Waals surface area contributed by atoms with Crippen molar-refractivity contribution in [1.29, 1.82) is 0 Å². The van der Waals surface area contributed by atoms with Crippen molar-refractivity contribution in [2.75, 3.05) is 31.2 Å². The zero-order chi connectivity index (χ0) is 14.2. The minimum Gasteiger partial charge on any atom is -0.394 e. The molecule has 2 aromatic rings. The van der Waals surface area contributed by atoms with Crippen LogP contribution in [-0.4, -0.2) is 52.9 Å². The molecule has 7 heteroatoms. The Morgan fingerprint density at radius 3 is 3.19 bits per heavy atom. The molecule has 1 aliphatic heterocycles. The Balaban J connectivity index is 1.62. The molecule has 0 spiro atoms. The van der Waals surface area contributed by atoms with E-state index in [-0.39, 0.29) is 12.7 Å². The number of nitrogens with zero attached hydrogens (tertiary/aromatic N) is 3. The lowest BCUT2D eigenvalue weighted by molar-refractivity contribution is 0.00334. The van der Waals surface area contributed by atoms with E-state index in [0.29, 0.717) is 19.2 Å². The van der Waals surface area contributed by atoms with Gasteiger partial charge in [0, 0.05) is 37.3 Å². The number of aromatic nitrogens is 2. The Hall–Kier alpha value is -1.15. The molecule has 3 heterocycles. The van der Waals surface area contributed by atoms with Crippen molar-refractivity contribution in [1.82, 2.24) is 14.7 Å². The first kappa shape index (κ1) is 13.5. The van der Waals surface area contributed by atoms with Crippen molar-refractivity contribution in [3.63, 3.8) is 0 Å². The maximum atomic E-state index is 9.32. The van der Waals surface area contributed by atoms with Crippen LogP contribution in [0.25, 0.3) is 4.96 Å². The SMILES string of the molecule is OCC1CN(c2nc3sccn3c2CNC2CC2)CCO1. The van der Waals surface area contributed by atoms with E-state index in [0.717, 1.165) is 23.9 Å². The second-order valence-electron chi connectivity index (χ2n) is 5.71. The molecule has 0 aromatic carbocycles. The van der Waals surface area contributed by atoms with Crippen LogP contribution < -0.4 is 10.2 Å². The summed E-state index contributed by atoms with van der Waals surface area (Å²) < 4.78 is 7.72. The molecule has 114 valence electrons. The summed E-state index contributed by atoms with van der Waals surface area (Å²) in [7, 11) is 0. The first-order chi connectivity index (χ1) is 10.3. The molecular weight excluding hydrogens is 288 g/mol. The molecular formula is C14H20N4O2S. The Morgan fingerprint density at radius 2 is 2.38 bits per heavy atom. The lowest BCUT2D eigenvalue weighted by Gasteiger charge is -2.32. The van der Waals surface area contributed by atoms with Gasteiger partial charge in [-0.15, -0.1) is 11.3 Å². The molecule has 1 saturated heterocycles. The Kier molecular flexibility index (Phi) is 3.58. The fraction of sp³-hybridized carbons (Fsp3) is 0.643. The van der Waals surface area contributed by atoms with Crippen LogP contribution in [0.5, 0.6) is 0 Å². The van der Waals surface area contributed by atoms with Crippen molar-refractivity contribution in [2.24, 2.45) is 0 Å². The summed E-state index contributed by atoms with van der Waals surface area (Å²) in [6.07, 6.45) is 4.54. The molecule has 1 aliphatic carbocycles. The number of hydrogen-bond acceptors (Lipinski definition) is 6. The zero-order valence-corrected chi connectivity index (χ0v) is 12.7. The molecule has 0 amide bonds. The third-order valence-electron chi connectivity index (χ3n) is 4.12. The summed E-state index contributed by atoms with van der Waals surface area (Å²) in [5.74, 6) is 1.04. The monoisotopic (exact) mass is 308 g/mol. The van der Waals surface area contributed by atoms with Crippen LogP contribution in [0.15, 0.2) is 11.6 Å². The average molecular weight is 308 g/mol. The van der Waals surface area contributed by atoms with Gasteiger partial charge >= 0.3 is 0 Å². The van der Waals surface area contributed by atoms with Gasteiger partial charge in [0.1, 0.15) is 0 Å². The van der Waals surface area contributed by atoms with E-state index in [1.165, 1.54) is 18.5 Å². The number of nitrogens with one attached hydrogen (secondary N) is 1. The number of fused-ring (bicyclic) bond motifs is 1. The van der Waals surface area contributed by atoms with Gasteiger partial charge in [0.15, 0.2) is 10.8 Å². The second kappa shape index (κ2) is 5.57. The second-order valence-corrected chi connectivity index (χ2v) is 6.59. The fourth-order valence-corrected chi connectivity index (χ4v) is 3.52. The standard InChI is InChI=1S/C14H20N4O2S/c19-9-11-8-17(3-5-20-11)13-12(7-15-10-1-2-10)18-4-6-21-14(18)16-13/h4,6,10-11,15,19H,1-3,5,7-9H2. The Labute approximate surface area is 127 Å². The first-order valence-corrected chi connectivity index (χ1v) is 8.38. The number of aliphatic hydroxyl groups is 1. The maximum absolute atomic E-state index is 9.32. The van der Waals surface area contributed by atoms with Crippen LogP contribution in [0.3, 0.4) is 0 Å². The number of imidazole rings is 1. The van der Waals surface area contributed by atoms with E-state index >= 15 is 0 Å². The molecule has 1 saturated carbocycles. The predicted octanol–water partition coefficient (Wildman–Crippen LogP) is 0.845. The van der Waals surface area contributed by atoms with Crippen LogP contribution in [0, 0.1) is 0 Å². The topological polar surface area (TPSA) is 62.0 Å². The normalized spacial score (nSPS) is 23.1. The summed E-state index contributed by atoms with van der Waals surface area (Å²) in [6, 6.07) is 0.678. The highest BCUT2D eigenvalue weighted by molar-refractivity contribution is 7.15. The summed E-state index contributed by atoms with van der Waals surface area (Å²) in [5, 5.41) is 15.0. The van der Waals surface area contributed by atoms with E-state index in [2.05, 4.69) is 26.2 Å². The molecule has 21 heavy (non-hydrogen) atoms. The van der Waals surface area contributed by atoms with Gasteiger partial charge in [0.05, 0.1) is 25.0 Å². The summed E-state index contributed by atoms with van der Waals surface area (Å²) in [4.78, 5) is 8.07. The number of aliphatic hydroxyl groups excluding tert-OH is 1. The molecule has 6 nitrogen and oxygen atoms in total. The van der Waals surface area contributed by atoms with Gasteiger partial charge in [0.25, 0.3) is 0 Å². The van der Waals surface area contributed by atoms with Gasteiger partial charge in [-0.05, 0) is 12.8 Å². The molecule has 2 aliphatic rings. The summed E-state index contributed by atoms with van der Waals surface area (Å²) in [5.41, 5.74) is 1.22. The van der Waals surface area contributed by atoms with E-state index in [4.69, 9.17) is 9.72 Å². The van der Waals surface area contributed by atoms with Crippen molar-refractivity contribution in [3.05, 3.63) is 17.3 Å². The number of morpholine rings is 1. The van der Waals surface area contributed by atoms with Gasteiger partial charge in [-0.2, -0.15) is 0 Å². The number of ether oxygens (including phenoxy) is 1. The maximum Gasteiger partial charge on any atom is 0.195 e. The number of rotatable bonds is 5. The van der Waals surface area contributed by atoms with Gasteiger partial charge in [-0.1, -0.05) is 0 Å². The molecule has 2 N–H and O–H groups in total. The molecule has 1 atom stereocenters. The van der Waals surface area contributed by atoms with Crippen LogP contribution >= 0.6 is 11.3 Å². The molecule has 0 radical (unpaired) electrons. The summed E-state index contributed by atoms with van der Waals surface area (Å²) in [6.45, 7) is 3.09. The minimum atomic E-state index is -0.109. The number of thiazole rings is 1. The third-order valence-corrected chi connectivity index (χ3v) is 4.87. The van der Waals surface area contributed by atoms with Gasteiger partial charge in [-0.25, -0.2) is 4.98 Å². The smallest absolute Gasteiger partial charge is 0.195 e. The lowest BCUT2D eigenvalue weighted by atomic mass is 10.2. The number of anilines is 1. The van der Waals surface area contributed by atoms with Crippen LogP contribution in [0.4, 0.5) is 5.82 Å². The molecule has 0 bridgehead atoms. The number of hydrogen-bond donors (Lipinski definition) is 2. The van der Waals surface area contributed by atoms with E-state index in [1.54, 1.807) is 11.3 Å². The average Bonchev–Trinajstić information content (AvgIpc) is 3.12. The molecule has 2 fully saturated rings. The summed E-state index contributed by atoms with van der Waals surface area (Å²) >= 11 is 1.66. The van der Waals surface area contributed by atoms with Crippen molar-refractivity contribution in [2.45, 2.75) is 31.5 Å². The minimum absolute atomic E-state index is 0.0639. The van der Waals surface area contributed by atoms with Crippen LogP contribution in [0.2, 0.25) is 0 Å². The van der Waals surface area contributed by atoms with Crippen molar-refractivity contribution in [3.8, 4) is 0 Å². The highest BCUT2D eigenvalue weighted by Crippen LogP contribution is 2.27. The molecule has 1 unspecified atom stereocenters. The molecule has 2 aromatic heterocycles. The highest BCUT2D eigenvalue weighted by atomic mass is 32.1. The van der Waals surface area contributed by atoms with Crippen LogP contribution in [-0.2, 0) is 11.3 Å². The predicted molar refractivity (Wildman–Crippen MR) is 82.0 cm³/mol. The lowest BCUT2D eigenvalue weighted by Crippen LogP contribution is -2.44. The van der Waals surface area contributed by atoms with E-state index < -0.39 is 0 Å². The van der Waals surface area contributed by atoms with Crippen molar-refractivity contribution < 1.29 is 9.84 Å². The quantitative estimate of drug-likeness (QED) is 0.857. The van der Waals surface area contributed by atoms with E-state index in [9.17, 15) is 5.11 Å².